The maximum absolute atomic E-state index is 12.3. The number of rotatable bonds is 6. The van der Waals surface area contributed by atoms with Gasteiger partial charge in [-0.2, -0.15) is 0 Å². The molecule has 1 unspecified atom stereocenters. The van der Waals surface area contributed by atoms with E-state index in [1.165, 1.54) is 7.05 Å². The molecule has 2 fully saturated rings. The number of amides is 3. The lowest BCUT2D eigenvalue weighted by molar-refractivity contribution is -0.137. The van der Waals surface area contributed by atoms with Crippen LogP contribution in [0.15, 0.2) is 24.3 Å². The molecule has 3 N–H and O–H groups in total. The molecule has 25 heavy (non-hydrogen) atoms. The lowest BCUT2D eigenvalue weighted by Gasteiger charge is -2.14. The Labute approximate surface area is 146 Å². The third-order valence-corrected chi connectivity index (χ3v) is 4.72. The molecule has 1 aliphatic heterocycles. The zero-order valence-corrected chi connectivity index (χ0v) is 14.3. The number of anilines is 1. The van der Waals surface area contributed by atoms with E-state index >= 15 is 0 Å². The Morgan fingerprint density at radius 1 is 1.24 bits per heavy atom. The molecular formula is C18H23N3O4. The van der Waals surface area contributed by atoms with Crippen LogP contribution in [0.3, 0.4) is 0 Å². The van der Waals surface area contributed by atoms with Crippen molar-refractivity contribution in [1.82, 2.24) is 10.6 Å². The van der Waals surface area contributed by atoms with Crippen molar-refractivity contribution in [2.45, 2.75) is 38.3 Å². The number of benzene rings is 1. The van der Waals surface area contributed by atoms with E-state index in [2.05, 4.69) is 16.0 Å². The van der Waals surface area contributed by atoms with Crippen LogP contribution in [0.2, 0.25) is 0 Å². The number of hydrogen-bond acceptors (Lipinski definition) is 4. The Kier molecular flexibility index (Phi) is 5.03. The summed E-state index contributed by atoms with van der Waals surface area (Å²) in [6, 6.07) is 7.29. The summed E-state index contributed by atoms with van der Waals surface area (Å²) in [7, 11) is 1.54. The van der Waals surface area contributed by atoms with Gasteiger partial charge in [0.05, 0.1) is 0 Å². The van der Waals surface area contributed by atoms with E-state index in [9.17, 15) is 14.4 Å². The predicted molar refractivity (Wildman–Crippen MR) is 91.6 cm³/mol. The molecule has 3 rings (SSSR count). The van der Waals surface area contributed by atoms with Crippen molar-refractivity contribution in [2.75, 3.05) is 19.0 Å². The zero-order valence-electron chi connectivity index (χ0n) is 14.3. The molecule has 1 aromatic rings. The standard InChI is InChI=1S/C18H23N3O4/c1-19-16(23)18(7-8-18)17(24)20-11-12-4-2-5-13(10-12)21-15(22)14-6-3-9-25-14/h2,4-5,10,14H,3,6-9,11H2,1H3,(H,19,23)(H,20,24)(H,21,22). The third-order valence-electron chi connectivity index (χ3n) is 4.72. The zero-order chi connectivity index (χ0) is 17.9. The summed E-state index contributed by atoms with van der Waals surface area (Å²) >= 11 is 0. The van der Waals surface area contributed by atoms with Crippen LogP contribution in [0, 0.1) is 5.41 Å². The lowest BCUT2D eigenvalue weighted by Crippen LogP contribution is -2.41. The molecule has 0 spiro atoms. The SMILES string of the molecule is CNC(=O)C1(C(=O)NCc2cccc(NC(=O)C3CCCO3)c2)CC1. The molecule has 7 heteroatoms. The topological polar surface area (TPSA) is 96.5 Å². The first kappa shape index (κ1) is 17.4. The first-order chi connectivity index (χ1) is 12.0. The van der Waals surface area contributed by atoms with E-state index in [0.29, 0.717) is 31.7 Å². The minimum absolute atomic E-state index is 0.143. The maximum atomic E-state index is 12.3. The monoisotopic (exact) mass is 345 g/mol. The second-order valence-electron chi connectivity index (χ2n) is 6.54. The Morgan fingerprint density at radius 2 is 2.04 bits per heavy atom. The molecule has 0 aromatic heterocycles. The summed E-state index contributed by atoms with van der Waals surface area (Å²) in [4.78, 5) is 36.2. The molecule has 1 saturated carbocycles. The van der Waals surface area contributed by atoms with Gasteiger partial charge in [0.2, 0.25) is 11.8 Å². The van der Waals surface area contributed by atoms with Crippen molar-refractivity contribution in [3.63, 3.8) is 0 Å². The predicted octanol–water partition coefficient (Wildman–Crippen LogP) is 0.946. The Bertz CT molecular complexity index is 679. The molecule has 134 valence electrons. The van der Waals surface area contributed by atoms with Crippen LogP contribution >= 0.6 is 0 Å². The molecule has 1 atom stereocenters. The van der Waals surface area contributed by atoms with E-state index in [0.717, 1.165) is 18.4 Å². The van der Waals surface area contributed by atoms with Crippen molar-refractivity contribution in [3.8, 4) is 0 Å². The van der Waals surface area contributed by atoms with E-state index in [1.807, 2.05) is 18.2 Å². The number of hydrogen-bond donors (Lipinski definition) is 3. The molecule has 1 aliphatic carbocycles. The van der Waals surface area contributed by atoms with Crippen LogP contribution in [0.4, 0.5) is 5.69 Å². The molecule has 3 amide bonds. The second-order valence-corrected chi connectivity index (χ2v) is 6.54. The summed E-state index contributed by atoms with van der Waals surface area (Å²) in [5.74, 6) is -0.626. The Hall–Kier alpha value is -2.41. The van der Waals surface area contributed by atoms with Crippen molar-refractivity contribution in [2.24, 2.45) is 5.41 Å². The van der Waals surface area contributed by atoms with Gasteiger partial charge in [0.25, 0.3) is 5.91 Å². The summed E-state index contributed by atoms with van der Waals surface area (Å²) in [6.07, 6.45) is 2.41. The van der Waals surface area contributed by atoms with Gasteiger partial charge in [0.1, 0.15) is 11.5 Å². The van der Waals surface area contributed by atoms with Gasteiger partial charge in [-0.25, -0.2) is 0 Å². The van der Waals surface area contributed by atoms with Crippen LogP contribution in [0.25, 0.3) is 0 Å². The van der Waals surface area contributed by atoms with E-state index in [-0.39, 0.29) is 23.8 Å². The highest BCUT2D eigenvalue weighted by molar-refractivity contribution is 6.07. The second kappa shape index (κ2) is 7.23. The van der Waals surface area contributed by atoms with Gasteiger partial charge in [-0.1, -0.05) is 12.1 Å². The van der Waals surface area contributed by atoms with Gasteiger partial charge in [-0.15, -0.1) is 0 Å². The summed E-state index contributed by atoms with van der Waals surface area (Å²) in [5.41, 5.74) is 0.617. The fraction of sp³-hybridized carbons (Fsp3) is 0.500. The van der Waals surface area contributed by atoms with Crippen molar-refractivity contribution >= 4 is 23.4 Å². The fourth-order valence-corrected chi connectivity index (χ4v) is 3.04. The van der Waals surface area contributed by atoms with Crippen molar-refractivity contribution in [3.05, 3.63) is 29.8 Å². The fourth-order valence-electron chi connectivity index (χ4n) is 3.04. The van der Waals surface area contributed by atoms with Gasteiger partial charge >= 0.3 is 0 Å². The summed E-state index contributed by atoms with van der Waals surface area (Å²) in [5, 5.41) is 8.20. The van der Waals surface area contributed by atoms with Crippen LogP contribution in [0.1, 0.15) is 31.2 Å². The first-order valence-corrected chi connectivity index (χ1v) is 8.57. The maximum Gasteiger partial charge on any atom is 0.253 e. The van der Waals surface area contributed by atoms with Crippen LogP contribution < -0.4 is 16.0 Å². The highest BCUT2D eigenvalue weighted by atomic mass is 16.5. The number of carbonyl (C=O) groups is 3. The highest BCUT2D eigenvalue weighted by Gasteiger charge is 2.55. The quantitative estimate of drug-likeness (QED) is 0.669. The minimum atomic E-state index is -0.902. The Balaban J connectivity index is 1.56. The number of carbonyl (C=O) groups excluding carboxylic acids is 3. The van der Waals surface area contributed by atoms with Gasteiger partial charge < -0.3 is 20.7 Å². The smallest absolute Gasteiger partial charge is 0.253 e. The van der Waals surface area contributed by atoms with E-state index in [1.54, 1.807) is 6.07 Å². The molecule has 1 saturated heterocycles. The molecule has 7 nitrogen and oxygen atoms in total. The van der Waals surface area contributed by atoms with Crippen LogP contribution in [-0.2, 0) is 25.7 Å². The molecule has 0 radical (unpaired) electrons. The third kappa shape index (κ3) is 3.82. The van der Waals surface area contributed by atoms with Crippen LogP contribution in [-0.4, -0.2) is 37.5 Å². The largest absolute Gasteiger partial charge is 0.368 e. The van der Waals surface area contributed by atoms with Crippen molar-refractivity contribution in [1.29, 1.82) is 0 Å². The number of nitrogens with one attached hydrogen (secondary N) is 3. The normalized spacial score (nSPS) is 20.6. The average molecular weight is 345 g/mol. The van der Waals surface area contributed by atoms with Gasteiger partial charge in [-0.3, -0.25) is 14.4 Å². The molecule has 1 heterocycles. The number of ether oxygens (including phenoxy) is 1. The molecule has 1 aromatic carbocycles. The van der Waals surface area contributed by atoms with Crippen LogP contribution in [0.5, 0.6) is 0 Å². The van der Waals surface area contributed by atoms with E-state index < -0.39 is 5.41 Å². The van der Waals surface area contributed by atoms with E-state index in [4.69, 9.17) is 4.74 Å². The molecular weight excluding hydrogens is 322 g/mol. The minimum Gasteiger partial charge on any atom is -0.368 e. The summed E-state index contributed by atoms with van der Waals surface area (Å²) in [6.45, 7) is 0.929. The summed E-state index contributed by atoms with van der Waals surface area (Å²) < 4.78 is 5.37. The first-order valence-electron chi connectivity index (χ1n) is 8.57. The van der Waals surface area contributed by atoms with Gasteiger partial charge in [0, 0.05) is 25.9 Å². The van der Waals surface area contributed by atoms with Gasteiger partial charge in [0.15, 0.2) is 0 Å². The van der Waals surface area contributed by atoms with Gasteiger partial charge in [-0.05, 0) is 43.4 Å². The molecule has 0 bridgehead atoms. The van der Waals surface area contributed by atoms with Crippen molar-refractivity contribution < 1.29 is 19.1 Å². The molecule has 2 aliphatic rings. The average Bonchev–Trinajstić information content (AvgIpc) is 3.25. The highest BCUT2D eigenvalue weighted by Crippen LogP contribution is 2.46. The Morgan fingerprint density at radius 3 is 2.68 bits per heavy atom. The lowest BCUT2D eigenvalue weighted by atomic mass is 10.1.